The SMILES string of the molecule is CC(C)c1ccc([C@H](NC(=O)CSc2nccn2C)C(C)C)cc1. The molecule has 0 fully saturated rings. The fourth-order valence-electron chi connectivity index (χ4n) is 2.56. The van der Waals surface area contributed by atoms with E-state index in [0.29, 0.717) is 17.6 Å². The third-order valence-electron chi connectivity index (χ3n) is 4.05. The summed E-state index contributed by atoms with van der Waals surface area (Å²) in [6.07, 6.45) is 3.63. The smallest absolute Gasteiger partial charge is 0.230 e. The number of aromatic nitrogens is 2. The molecule has 5 heteroatoms. The number of benzene rings is 1. The maximum atomic E-state index is 12.3. The van der Waals surface area contributed by atoms with E-state index in [2.05, 4.69) is 62.3 Å². The van der Waals surface area contributed by atoms with Crippen LogP contribution in [0.3, 0.4) is 0 Å². The molecule has 0 radical (unpaired) electrons. The maximum Gasteiger partial charge on any atom is 0.230 e. The fourth-order valence-corrected chi connectivity index (χ4v) is 3.30. The van der Waals surface area contributed by atoms with Gasteiger partial charge in [0.25, 0.3) is 0 Å². The lowest BCUT2D eigenvalue weighted by atomic mass is 9.93. The lowest BCUT2D eigenvalue weighted by molar-refractivity contribution is -0.119. The number of imidazole rings is 1. The van der Waals surface area contributed by atoms with E-state index >= 15 is 0 Å². The molecular weight excluding hydrogens is 318 g/mol. The van der Waals surface area contributed by atoms with Gasteiger partial charge in [-0.25, -0.2) is 4.98 Å². The summed E-state index contributed by atoms with van der Waals surface area (Å²) in [7, 11) is 1.93. The van der Waals surface area contributed by atoms with Crippen molar-refractivity contribution in [1.29, 1.82) is 0 Å². The number of carbonyl (C=O) groups is 1. The molecule has 0 saturated carbocycles. The highest BCUT2D eigenvalue weighted by Crippen LogP contribution is 2.24. The molecule has 0 spiro atoms. The monoisotopic (exact) mass is 345 g/mol. The third kappa shape index (κ3) is 4.87. The minimum absolute atomic E-state index is 0.0284. The predicted molar refractivity (Wildman–Crippen MR) is 100 cm³/mol. The summed E-state index contributed by atoms with van der Waals surface area (Å²) in [5.41, 5.74) is 2.47. The van der Waals surface area contributed by atoms with E-state index in [4.69, 9.17) is 0 Å². The highest BCUT2D eigenvalue weighted by Gasteiger charge is 2.19. The Bertz CT molecular complexity index is 662. The lowest BCUT2D eigenvalue weighted by Gasteiger charge is -2.23. The first-order chi connectivity index (χ1) is 11.4. The molecule has 24 heavy (non-hydrogen) atoms. The van der Waals surface area contributed by atoms with Crippen molar-refractivity contribution in [2.75, 3.05) is 5.75 Å². The lowest BCUT2D eigenvalue weighted by Crippen LogP contribution is -2.33. The molecule has 1 amide bonds. The van der Waals surface area contributed by atoms with Crippen molar-refractivity contribution >= 4 is 17.7 Å². The van der Waals surface area contributed by atoms with Crippen molar-refractivity contribution in [2.45, 2.75) is 44.8 Å². The Morgan fingerprint density at radius 2 is 1.79 bits per heavy atom. The number of nitrogens with zero attached hydrogens (tertiary/aromatic N) is 2. The second-order valence-corrected chi connectivity index (χ2v) is 7.66. The first-order valence-corrected chi connectivity index (χ1v) is 9.36. The van der Waals surface area contributed by atoms with Crippen LogP contribution < -0.4 is 5.32 Å². The van der Waals surface area contributed by atoms with E-state index in [1.165, 1.54) is 17.3 Å². The molecule has 1 aromatic carbocycles. The summed E-state index contributed by atoms with van der Waals surface area (Å²) in [6.45, 7) is 8.64. The van der Waals surface area contributed by atoms with E-state index in [9.17, 15) is 4.79 Å². The van der Waals surface area contributed by atoms with Gasteiger partial charge in [-0.1, -0.05) is 63.7 Å². The fraction of sp³-hybridized carbons (Fsp3) is 0.474. The molecule has 2 rings (SSSR count). The van der Waals surface area contributed by atoms with Gasteiger partial charge in [0.1, 0.15) is 0 Å². The summed E-state index contributed by atoms with van der Waals surface area (Å²) in [5.74, 6) is 1.25. The number of hydrogen-bond donors (Lipinski definition) is 1. The molecule has 1 atom stereocenters. The third-order valence-corrected chi connectivity index (χ3v) is 5.11. The van der Waals surface area contributed by atoms with Crippen LogP contribution in [0.15, 0.2) is 41.8 Å². The van der Waals surface area contributed by atoms with Crippen molar-refractivity contribution in [1.82, 2.24) is 14.9 Å². The van der Waals surface area contributed by atoms with Gasteiger partial charge in [-0.15, -0.1) is 0 Å². The number of carbonyl (C=O) groups excluding carboxylic acids is 1. The van der Waals surface area contributed by atoms with Gasteiger partial charge in [-0.3, -0.25) is 4.79 Å². The van der Waals surface area contributed by atoms with Gasteiger partial charge in [0.2, 0.25) is 5.91 Å². The van der Waals surface area contributed by atoms with Gasteiger partial charge in [0.05, 0.1) is 11.8 Å². The Balaban J connectivity index is 2.00. The normalized spacial score (nSPS) is 12.6. The Hall–Kier alpha value is -1.75. The van der Waals surface area contributed by atoms with E-state index < -0.39 is 0 Å². The zero-order valence-electron chi connectivity index (χ0n) is 15.1. The summed E-state index contributed by atoms with van der Waals surface area (Å²) >= 11 is 1.46. The summed E-state index contributed by atoms with van der Waals surface area (Å²) in [5, 5.41) is 4.02. The zero-order valence-corrected chi connectivity index (χ0v) is 15.9. The largest absolute Gasteiger partial charge is 0.348 e. The van der Waals surface area contributed by atoms with Crippen LogP contribution in [0.4, 0.5) is 0 Å². The van der Waals surface area contributed by atoms with Crippen LogP contribution in [0.25, 0.3) is 0 Å². The molecular formula is C19H27N3OS. The van der Waals surface area contributed by atoms with Gasteiger partial charge in [-0.2, -0.15) is 0 Å². The number of nitrogens with one attached hydrogen (secondary N) is 1. The van der Waals surface area contributed by atoms with Gasteiger partial charge in [0.15, 0.2) is 5.16 Å². The second kappa shape index (κ2) is 8.38. The standard InChI is InChI=1S/C19H27N3OS/c1-13(2)15-6-8-16(9-7-15)18(14(3)4)21-17(23)12-24-19-20-10-11-22(19)5/h6-11,13-14,18H,12H2,1-5H3,(H,21,23)/t18-/m1/s1. The van der Waals surface area contributed by atoms with Crippen molar-refractivity contribution in [2.24, 2.45) is 13.0 Å². The van der Waals surface area contributed by atoms with Crippen LogP contribution in [0.2, 0.25) is 0 Å². The molecule has 0 unspecified atom stereocenters. The Kier molecular flexibility index (Phi) is 6.49. The van der Waals surface area contributed by atoms with Crippen LogP contribution >= 0.6 is 11.8 Å². The van der Waals surface area contributed by atoms with Crippen LogP contribution in [-0.2, 0) is 11.8 Å². The number of rotatable bonds is 7. The molecule has 0 aliphatic carbocycles. The first-order valence-electron chi connectivity index (χ1n) is 8.37. The van der Waals surface area contributed by atoms with Crippen LogP contribution in [0.5, 0.6) is 0 Å². The Morgan fingerprint density at radius 1 is 1.17 bits per heavy atom. The summed E-state index contributed by atoms with van der Waals surface area (Å²) < 4.78 is 1.92. The highest BCUT2D eigenvalue weighted by molar-refractivity contribution is 7.99. The summed E-state index contributed by atoms with van der Waals surface area (Å²) in [4.78, 5) is 16.6. The number of amides is 1. The van der Waals surface area contributed by atoms with Crippen LogP contribution in [-0.4, -0.2) is 21.2 Å². The van der Waals surface area contributed by atoms with Gasteiger partial charge >= 0.3 is 0 Å². The quantitative estimate of drug-likeness (QED) is 0.767. The van der Waals surface area contributed by atoms with E-state index in [1.54, 1.807) is 6.20 Å². The average Bonchev–Trinajstić information content (AvgIpc) is 2.95. The van der Waals surface area contributed by atoms with E-state index in [1.807, 2.05) is 17.8 Å². The van der Waals surface area contributed by atoms with Crippen LogP contribution in [0.1, 0.15) is 50.8 Å². The Labute approximate surface area is 149 Å². The minimum Gasteiger partial charge on any atom is -0.348 e. The van der Waals surface area contributed by atoms with E-state index in [0.717, 1.165) is 10.7 Å². The molecule has 4 nitrogen and oxygen atoms in total. The molecule has 130 valence electrons. The maximum absolute atomic E-state index is 12.3. The van der Waals surface area contributed by atoms with Gasteiger partial charge in [-0.05, 0) is 23.0 Å². The number of aryl methyl sites for hydroxylation is 1. The van der Waals surface area contributed by atoms with E-state index in [-0.39, 0.29) is 11.9 Å². The molecule has 0 saturated heterocycles. The molecule has 1 heterocycles. The first kappa shape index (κ1) is 18.6. The average molecular weight is 346 g/mol. The molecule has 0 aliphatic heterocycles. The molecule has 1 N–H and O–H groups in total. The zero-order chi connectivity index (χ0) is 17.7. The topological polar surface area (TPSA) is 46.9 Å². The minimum atomic E-state index is 0.0284. The molecule has 0 aliphatic rings. The molecule has 2 aromatic rings. The number of hydrogen-bond acceptors (Lipinski definition) is 3. The van der Waals surface area contributed by atoms with Crippen molar-refractivity contribution in [3.8, 4) is 0 Å². The van der Waals surface area contributed by atoms with Gasteiger partial charge in [0, 0.05) is 19.4 Å². The second-order valence-electron chi connectivity index (χ2n) is 6.72. The van der Waals surface area contributed by atoms with Crippen molar-refractivity contribution in [3.05, 3.63) is 47.8 Å². The highest BCUT2D eigenvalue weighted by atomic mass is 32.2. The van der Waals surface area contributed by atoms with Gasteiger partial charge < -0.3 is 9.88 Å². The molecule has 0 bridgehead atoms. The number of thioether (sulfide) groups is 1. The van der Waals surface area contributed by atoms with Crippen molar-refractivity contribution < 1.29 is 4.79 Å². The van der Waals surface area contributed by atoms with Crippen molar-refractivity contribution in [3.63, 3.8) is 0 Å². The Morgan fingerprint density at radius 3 is 2.29 bits per heavy atom. The molecule has 1 aromatic heterocycles. The predicted octanol–water partition coefficient (Wildman–Crippen LogP) is 4.15. The van der Waals surface area contributed by atoms with Crippen LogP contribution in [0, 0.1) is 5.92 Å². The summed E-state index contributed by atoms with van der Waals surface area (Å²) in [6, 6.07) is 8.60.